The zero-order chi connectivity index (χ0) is 25.8. The van der Waals surface area contributed by atoms with E-state index in [1.54, 1.807) is 12.2 Å². The molecule has 0 bridgehead atoms. The smallest absolute Gasteiger partial charge is 0.420 e. The monoisotopic (exact) mass is 494 g/mol. The van der Waals surface area contributed by atoms with E-state index in [2.05, 4.69) is 35.6 Å². The number of likely N-dealkylation sites (tertiary alicyclic amines) is 1. The van der Waals surface area contributed by atoms with E-state index in [1.807, 2.05) is 6.08 Å². The number of rotatable bonds is 2. The Hall–Kier alpha value is -3.34. The average Bonchev–Trinajstić information content (AvgIpc) is 2.79. The van der Waals surface area contributed by atoms with Crippen molar-refractivity contribution in [1.29, 1.82) is 0 Å². The highest BCUT2D eigenvalue weighted by Crippen LogP contribution is 2.39. The molecule has 2 aliphatic rings. The Morgan fingerprint density at radius 3 is 2.37 bits per heavy atom. The van der Waals surface area contributed by atoms with Gasteiger partial charge in [-0.1, -0.05) is 12.2 Å². The van der Waals surface area contributed by atoms with E-state index in [4.69, 9.17) is 9.84 Å². The van der Waals surface area contributed by atoms with Gasteiger partial charge >= 0.3 is 12.3 Å². The minimum Gasteiger partial charge on any atom is -0.490 e. The predicted molar refractivity (Wildman–Crippen MR) is 125 cm³/mol. The minimum atomic E-state index is -4.58. The first-order valence-electron chi connectivity index (χ1n) is 11.2. The number of alkyl halides is 3. The molecule has 0 saturated carbocycles. The van der Waals surface area contributed by atoms with Crippen molar-refractivity contribution in [2.75, 3.05) is 19.6 Å². The molecule has 1 saturated heterocycles. The van der Waals surface area contributed by atoms with Gasteiger partial charge in [0.2, 0.25) is 0 Å². The van der Waals surface area contributed by atoms with Crippen LogP contribution in [-0.2, 0) is 6.18 Å². The molecular weight excluding hydrogens is 465 g/mol. The van der Waals surface area contributed by atoms with E-state index in [0.717, 1.165) is 31.5 Å². The third-order valence-electron chi connectivity index (χ3n) is 5.79. The second kappa shape index (κ2) is 10.5. The SMILES string of the molecule is CC(C)(C)N1CCC(Oc2cc3c(=O)[nH]cnc3cc2C(F)(F)F)CC1.O=C(O)N1C=CC=CC1. The third-order valence-corrected chi connectivity index (χ3v) is 5.79. The lowest BCUT2D eigenvalue weighted by atomic mass is 9.99. The number of carbonyl (C=O) groups is 1. The number of carboxylic acid groups (broad SMARTS) is 1. The van der Waals surface area contributed by atoms with Gasteiger partial charge in [-0.15, -0.1) is 0 Å². The first-order chi connectivity index (χ1) is 16.4. The van der Waals surface area contributed by atoms with Crippen LogP contribution in [0.5, 0.6) is 5.75 Å². The second-order valence-corrected chi connectivity index (χ2v) is 9.27. The molecule has 1 fully saturated rings. The van der Waals surface area contributed by atoms with Crippen molar-refractivity contribution < 1.29 is 27.8 Å². The van der Waals surface area contributed by atoms with Gasteiger partial charge in [0, 0.05) is 31.4 Å². The van der Waals surface area contributed by atoms with Crippen molar-refractivity contribution in [2.45, 2.75) is 51.4 Å². The number of aromatic nitrogens is 2. The van der Waals surface area contributed by atoms with Gasteiger partial charge in [-0.3, -0.25) is 14.6 Å². The zero-order valence-electron chi connectivity index (χ0n) is 19.8. The van der Waals surface area contributed by atoms with Gasteiger partial charge in [-0.2, -0.15) is 13.2 Å². The van der Waals surface area contributed by atoms with Gasteiger partial charge in [0.25, 0.3) is 5.56 Å². The number of aromatic amines is 1. The molecule has 190 valence electrons. The molecule has 2 aliphatic heterocycles. The lowest BCUT2D eigenvalue weighted by Gasteiger charge is -2.40. The maximum Gasteiger partial charge on any atom is 0.420 e. The Balaban J connectivity index is 0.000000320. The van der Waals surface area contributed by atoms with E-state index in [1.165, 1.54) is 11.1 Å². The minimum absolute atomic E-state index is 0.00373. The number of benzene rings is 1. The Kier molecular flexibility index (Phi) is 7.89. The van der Waals surface area contributed by atoms with Crippen molar-refractivity contribution in [3.05, 3.63) is 58.8 Å². The van der Waals surface area contributed by atoms with E-state index in [0.29, 0.717) is 19.4 Å². The zero-order valence-corrected chi connectivity index (χ0v) is 19.8. The molecule has 3 heterocycles. The summed E-state index contributed by atoms with van der Waals surface area (Å²) >= 11 is 0. The summed E-state index contributed by atoms with van der Waals surface area (Å²) < 4.78 is 46.1. The molecule has 4 rings (SSSR count). The number of hydrogen-bond acceptors (Lipinski definition) is 5. The van der Waals surface area contributed by atoms with Crippen LogP contribution in [0, 0.1) is 0 Å². The number of H-pyrrole nitrogens is 1. The highest BCUT2D eigenvalue weighted by Gasteiger charge is 2.36. The first-order valence-corrected chi connectivity index (χ1v) is 11.2. The molecule has 0 radical (unpaired) electrons. The Bertz CT molecular complexity index is 1160. The summed E-state index contributed by atoms with van der Waals surface area (Å²) in [6.07, 6.45) is 3.38. The number of amides is 1. The maximum atomic E-state index is 13.4. The summed E-state index contributed by atoms with van der Waals surface area (Å²) in [6.45, 7) is 8.30. The fourth-order valence-electron chi connectivity index (χ4n) is 3.85. The van der Waals surface area contributed by atoms with Gasteiger partial charge < -0.3 is 14.8 Å². The van der Waals surface area contributed by atoms with Gasteiger partial charge in [0.15, 0.2) is 0 Å². The summed E-state index contributed by atoms with van der Waals surface area (Å²) in [6, 6.07) is 2.03. The molecule has 1 aromatic carbocycles. The van der Waals surface area contributed by atoms with Crippen LogP contribution in [0.15, 0.2) is 47.7 Å². The lowest BCUT2D eigenvalue weighted by molar-refractivity contribution is -0.139. The summed E-state index contributed by atoms with van der Waals surface area (Å²) in [5.41, 5.74) is -1.38. The van der Waals surface area contributed by atoms with Crippen molar-refractivity contribution >= 4 is 17.0 Å². The third kappa shape index (κ3) is 6.84. The summed E-state index contributed by atoms with van der Waals surface area (Å²) in [7, 11) is 0. The molecule has 0 aliphatic carbocycles. The number of allylic oxidation sites excluding steroid dienone is 2. The summed E-state index contributed by atoms with van der Waals surface area (Å²) in [4.78, 5) is 31.8. The first kappa shape index (κ1) is 26.3. The highest BCUT2D eigenvalue weighted by atomic mass is 19.4. The molecule has 11 heteroatoms. The number of hydrogen-bond donors (Lipinski definition) is 2. The molecule has 1 amide bonds. The molecule has 0 spiro atoms. The molecule has 1 aromatic heterocycles. The summed E-state index contributed by atoms with van der Waals surface area (Å²) in [5.74, 6) is -0.308. The van der Waals surface area contributed by atoms with E-state index >= 15 is 0 Å². The fourth-order valence-corrected chi connectivity index (χ4v) is 3.85. The van der Waals surface area contributed by atoms with Crippen LogP contribution < -0.4 is 10.3 Å². The molecule has 0 atom stereocenters. The fraction of sp³-hybridized carbons (Fsp3) is 0.458. The highest BCUT2D eigenvalue weighted by molar-refractivity contribution is 5.80. The number of ether oxygens (including phenoxy) is 1. The van der Waals surface area contributed by atoms with Crippen LogP contribution in [-0.4, -0.2) is 62.2 Å². The van der Waals surface area contributed by atoms with Gasteiger partial charge in [0.05, 0.1) is 22.8 Å². The van der Waals surface area contributed by atoms with Crippen LogP contribution >= 0.6 is 0 Å². The molecule has 2 aromatic rings. The molecule has 0 unspecified atom stereocenters. The molecule has 8 nitrogen and oxygen atoms in total. The van der Waals surface area contributed by atoms with Gasteiger partial charge in [-0.05, 0) is 51.8 Å². The molecular formula is C24H29F3N4O4. The Labute approximate surface area is 200 Å². The predicted octanol–water partition coefficient (Wildman–Crippen LogP) is 4.63. The topological polar surface area (TPSA) is 98.8 Å². The second-order valence-electron chi connectivity index (χ2n) is 9.27. The molecule has 2 N–H and O–H groups in total. The normalized spacial score (nSPS) is 17.3. The van der Waals surface area contributed by atoms with Crippen molar-refractivity contribution in [3.63, 3.8) is 0 Å². The standard InChI is InChI=1S/C18H22F3N3O2.C6H7NO2/c1-17(2,3)24-6-4-11(5-7-24)26-15-8-12-14(22-10-23-16(12)25)9-13(15)18(19,20)21;8-6(9)7-4-2-1-3-5-7/h8-11H,4-7H2,1-3H3,(H,22,23,25);1-4H,5H2,(H,8,9). The van der Waals surface area contributed by atoms with Crippen molar-refractivity contribution in [1.82, 2.24) is 19.8 Å². The number of nitrogens with one attached hydrogen (secondary N) is 1. The van der Waals surface area contributed by atoms with Gasteiger partial charge in [0.1, 0.15) is 11.9 Å². The van der Waals surface area contributed by atoms with Crippen LogP contribution in [0.25, 0.3) is 10.9 Å². The van der Waals surface area contributed by atoms with Crippen LogP contribution in [0.1, 0.15) is 39.2 Å². The van der Waals surface area contributed by atoms with E-state index in [-0.39, 0.29) is 28.3 Å². The van der Waals surface area contributed by atoms with E-state index in [9.17, 15) is 22.8 Å². The lowest BCUT2D eigenvalue weighted by Crippen LogP contribution is -2.48. The van der Waals surface area contributed by atoms with Crippen LogP contribution in [0.4, 0.5) is 18.0 Å². The Morgan fingerprint density at radius 2 is 1.86 bits per heavy atom. The van der Waals surface area contributed by atoms with Crippen molar-refractivity contribution in [2.24, 2.45) is 0 Å². The Morgan fingerprint density at radius 1 is 1.17 bits per heavy atom. The van der Waals surface area contributed by atoms with Gasteiger partial charge in [-0.25, -0.2) is 9.78 Å². The maximum absolute atomic E-state index is 13.4. The number of halogens is 3. The number of piperidine rings is 1. The van der Waals surface area contributed by atoms with E-state index < -0.39 is 23.4 Å². The van der Waals surface area contributed by atoms with Crippen LogP contribution in [0.2, 0.25) is 0 Å². The molecule has 35 heavy (non-hydrogen) atoms. The number of fused-ring (bicyclic) bond motifs is 1. The van der Waals surface area contributed by atoms with Crippen molar-refractivity contribution in [3.8, 4) is 5.75 Å². The quantitative estimate of drug-likeness (QED) is 0.632. The van der Waals surface area contributed by atoms with Crippen LogP contribution in [0.3, 0.4) is 0 Å². The summed E-state index contributed by atoms with van der Waals surface area (Å²) in [5, 5.41) is 8.46. The average molecular weight is 495 g/mol. The number of nitrogens with zero attached hydrogens (tertiary/aromatic N) is 3. The largest absolute Gasteiger partial charge is 0.490 e.